The van der Waals surface area contributed by atoms with Gasteiger partial charge in [0.05, 0.1) is 17.7 Å². The average molecular weight is 263 g/mol. The number of nitrogens with one attached hydrogen (secondary N) is 1. The molecule has 0 bridgehead atoms. The molecule has 1 N–H and O–H groups in total. The minimum absolute atomic E-state index is 0.285. The molecular formula is C13H17N3OS. The van der Waals surface area contributed by atoms with Crippen molar-refractivity contribution in [2.45, 2.75) is 38.1 Å². The first kappa shape index (κ1) is 11.9. The molecule has 2 aromatic rings. The van der Waals surface area contributed by atoms with Crippen LogP contribution in [0.5, 0.6) is 0 Å². The number of hydrogen-bond donors (Lipinski definition) is 1. The molecule has 5 heteroatoms. The molecule has 0 amide bonds. The van der Waals surface area contributed by atoms with Gasteiger partial charge in [-0.2, -0.15) is 0 Å². The Balaban J connectivity index is 1.79. The van der Waals surface area contributed by atoms with E-state index in [2.05, 4.69) is 17.2 Å². The van der Waals surface area contributed by atoms with Crippen molar-refractivity contribution in [2.24, 2.45) is 0 Å². The molecule has 0 radical (unpaired) electrons. The Hall–Kier alpha value is -1.20. The number of rotatable bonds is 4. The van der Waals surface area contributed by atoms with Gasteiger partial charge in [-0.05, 0) is 25.8 Å². The lowest BCUT2D eigenvalue weighted by Crippen LogP contribution is -2.47. The third-order valence-corrected chi connectivity index (χ3v) is 4.64. The van der Waals surface area contributed by atoms with Gasteiger partial charge in [0.2, 0.25) is 0 Å². The topological polar surface area (TPSA) is 46.4 Å². The molecule has 1 aliphatic heterocycles. The number of carbonyl (C=O) groups excluding carboxylic acids is 1. The summed E-state index contributed by atoms with van der Waals surface area (Å²) < 4.78 is 1.98. The van der Waals surface area contributed by atoms with Gasteiger partial charge in [0.15, 0.2) is 10.7 Å². The SMILES string of the molecule is CCC1(C(=O)Cc2cn3ccsc3n2)CCCN1. The Morgan fingerprint density at radius 3 is 3.22 bits per heavy atom. The largest absolute Gasteiger partial charge is 0.305 e. The summed E-state index contributed by atoms with van der Waals surface area (Å²) in [6, 6.07) is 0. The smallest absolute Gasteiger partial charge is 0.193 e. The number of fused-ring (bicyclic) bond motifs is 1. The van der Waals surface area contributed by atoms with Crippen LogP contribution >= 0.6 is 11.3 Å². The molecule has 1 atom stereocenters. The van der Waals surface area contributed by atoms with Gasteiger partial charge in [0.1, 0.15) is 0 Å². The van der Waals surface area contributed by atoms with Crippen molar-refractivity contribution in [3.05, 3.63) is 23.5 Å². The summed E-state index contributed by atoms with van der Waals surface area (Å²) in [4.78, 5) is 17.9. The Labute approximate surface area is 110 Å². The molecule has 0 spiro atoms. The van der Waals surface area contributed by atoms with Crippen molar-refractivity contribution in [3.8, 4) is 0 Å². The molecule has 96 valence electrons. The maximum absolute atomic E-state index is 12.5. The second kappa shape index (κ2) is 4.48. The molecule has 2 aromatic heterocycles. The van der Waals surface area contributed by atoms with Gasteiger partial charge in [-0.1, -0.05) is 6.92 Å². The van der Waals surface area contributed by atoms with Gasteiger partial charge in [-0.3, -0.25) is 9.20 Å². The normalized spacial score (nSPS) is 23.8. The number of nitrogens with zero attached hydrogens (tertiary/aromatic N) is 2. The fourth-order valence-electron chi connectivity index (χ4n) is 2.74. The summed E-state index contributed by atoms with van der Waals surface area (Å²) in [6.07, 6.45) is 7.30. The predicted molar refractivity (Wildman–Crippen MR) is 72.0 cm³/mol. The summed E-state index contributed by atoms with van der Waals surface area (Å²) in [5.41, 5.74) is 0.588. The number of Topliss-reactive ketones (excluding diaryl/α,β-unsaturated/α-hetero) is 1. The van der Waals surface area contributed by atoms with Crippen LogP contribution in [0.2, 0.25) is 0 Å². The van der Waals surface area contributed by atoms with Crippen LogP contribution in [0.4, 0.5) is 0 Å². The van der Waals surface area contributed by atoms with Crippen molar-refractivity contribution in [2.75, 3.05) is 6.54 Å². The Morgan fingerprint density at radius 1 is 1.67 bits per heavy atom. The molecule has 1 fully saturated rings. The molecule has 1 unspecified atom stereocenters. The molecule has 3 rings (SSSR count). The average Bonchev–Trinajstić information content (AvgIpc) is 3.03. The number of thiazole rings is 1. The lowest BCUT2D eigenvalue weighted by molar-refractivity contribution is -0.124. The van der Waals surface area contributed by atoms with Crippen LogP contribution in [0.3, 0.4) is 0 Å². The first-order valence-corrected chi connectivity index (χ1v) is 7.31. The molecule has 0 saturated carbocycles. The molecule has 1 saturated heterocycles. The van der Waals surface area contributed by atoms with Crippen LogP contribution in [-0.2, 0) is 11.2 Å². The Morgan fingerprint density at radius 2 is 2.56 bits per heavy atom. The molecular weight excluding hydrogens is 246 g/mol. The van der Waals surface area contributed by atoms with Gasteiger partial charge in [0, 0.05) is 17.8 Å². The van der Waals surface area contributed by atoms with E-state index in [9.17, 15) is 4.79 Å². The van der Waals surface area contributed by atoms with E-state index in [1.54, 1.807) is 11.3 Å². The number of imidazole rings is 1. The van der Waals surface area contributed by atoms with E-state index >= 15 is 0 Å². The van der Waals surface area contributed by atoms with Gasteiger partial charge >= 0.3 is 0 Å². The van der Waals surface area contributed by atoms with Gasteiger partial charge < -0.3 is 5.32 Å². The summed E-state index contributed by atoms with van der Waals surface area (Å²) in [6.45, 7) is 3.04. The molecule has 4 nitrogen and oxygen atoms in total. The third-order valence-electron chi connectivity index (χ3n) is 3.87. The van der Waals surface area contributed by atoms with Crippen molar-refractivity contribution in [3.63, 3.8) is 0 Å². The second-order valence-corrected chi connectivity index (χ2v) is 5.76. The van der Waals surface area contributed by atoms with E-state index in [0.717, 1.165) is 36.5 Å². The first-order chi connectivity index (χ1) is 8.73. The minimum Gasteiger partial charge on any atom is -0.305 e. The number of carbonyl (C=O) groups is 1. The first-order valence-electron chi connectivity index (χ1n) is 6.43. The Kier molecular flexibility index (Phi) is 2.95. The maximum Gasteiger partial charge on any atom is 0.193 e. The quantitative estimate of drug-likeness (QED) is 0.918. The number of ketones is 1. The fourth-order valence-corrected chi connectivity index (χ4v) is 3.46. The lowest BCUT2D eigenvalue weighted by atomic mass is 9.87. The zero-order chi connectivity index (χ0) is 12.6. The highest BCUT2D eigenvalue weighted by atomic mass is 32.1. The van der Waals surface area contributed by atoms with Crippen LogP contribution in [-0.4, -0.2) is 27.3 Å². The zero-order valence-corrected chi connectivity index (χ0v) is 11.3. The molecule has 0 aromatic carbocycles. The highest BCUT2D eigenvalue weighted by molar-refractivity contribution is 7.15. The Bertz CT molecular complexity index is 537. The van der Waals surface area contributed by atoms with Crippen LogP contribution in [0, 0.1) is 0 Å². The van der Waals surface area contributed by atoms with Crippen molar-refractivity contribution in [1.82, 2.24) is 14.7 Å². The molecule has 0 aliphatic carbocycles. The van der Waals surface area contributed by atoms with Gasteiger partial charge in [-0.25, -0.2) is 4.98 Å². The van der Waals surface area contributed by atoms with E-state index in [1.165, 1.54) is 0 Å². The highest BCUT2D eigenvalue weighted by Crippen LogP contribution is 2.25. The summed E-state index contributed by atoms with van der Waals surface area (Å²) in [7, 11) is 0. The van der Waals surface area contributed by atoms with E-state index in [1.807, 2.05) is 22.2 Å². The van der Waals surface area contributed by atoms with Gasteiger partial charge in [-0.15, -0.1) is 11.3 Å². The van der Waals surface area contributed by atoms with E-state index < -0.39 is 0 Å². The summed E-state index contributed by atoms with van der Waals surface area (Å²) in [5.74, 6) is 0.285. The molecule has 18 heavy (non-hydrogen) atoms. The van der Waals surface area contributed by atoms with Crippen LogP contribution < -0.4 is 5.32 Å². The van der Waals surface area contributed by atoms with Crippen LogP contribution in [0.1, 0.15) is 31.9 Å². The minimum atomic E-state index is -0.295. The summed E-state index contributed by atoms with van der Waals surface area (Å²) >= 11 is 1.60. The van der Waals surface area contributed by atoms with Gasteiger partial charge in [0.25, 0.3) is 0 Å². The van der Waals surface area contributed by atoms with E-state index in [-0.39, 0.29) is 11.3 Å². The van der Waals surface area contributed by atoms with E-state index in [0.29, 0.717) is 6.42 Å². The van der Waals surface area contributed by atoms with Crippen LogP contribution in [0.15, 0.2) is 17.8 Å². The number of hydrogen-bond acceptors (Lipinski definition) is 4. The summed E-state index contributed by atoms with van der Waals surface area (Å²) in [5, 5.41) is 5.39. The van der Waals surface area contributed by atoms with E-state index in [4.69, 9.17) is 0 Å². The van der Waals surface area contributed by atoms with Crippen molar-refractivity contribution < 1.29 is 4.79 Å². The highest BCUT2D eigenvalue weighted by Gasteiger charge is 2.38. The zero-order valence-electron chi connectivity index (χ0n) is 10.5. The predicted octanol–water partition coefficient (Wildman–Crippen LogP) is 2.04. The van der Waals surface area contributed by atoms with Crippen molar-refractivity contribution >= 4 is 22.1 Å². The van der Waals surface area contributed by atoms with Crippen LogP contribution in [0.25, 0.3) is 4.96 Å². The standard InChI is InChI=1S/C13H17N3OS/c1-2-13(4-3-5-14-13)11(17)8-10-9-16-6-7-18-12(16)15-10/h6-7,9,14H,2-5,8H2,1H3. The second-order valence-electron chi connectivity index (χ2n) is 4.89. The lowest BCUT2D eigenvalue weighted by Gasteiger charge is -2.26. The van der Waals surface area contributed by atoms with Crippen molar-refractivity contribution in [1.29, 1.82) is 0 Å². The molecule has 1 aliphatic rings. The maximum atomic E-state index is 12.5. The monoisotopic (exact) mass is 263 g/mol. The number of aromatic nitrogens is 2. The third kappa shape index (κ3) is 1.87. The fraction of sp³-hybridized carbons (Fsp3) is 0.538. The molecule has 3 heterocycles.